The van der Waals surface area contributed by atoms with E-state index in [1.54, 1.807) is 6.20 Å². The third-order valence-corrected chi connectivity index (χ3v) is 4.86. The Kier molecular flexibility index (Phi) is 10.5. The second kappa shape index (κ2) is 11.8. The lowest BCUT2D eigenvalue weighted by Gasteiger charge is -2.35. The minimum absolute atomic E-state index is 0. The van der Waals surface area contributed by atoms with Crippen LogP contribution in [0.25, 0.3) is 0 Å². The molecule has 8 nitrogen and oxygen atoms in total. The predicted molar refractivity (Wildman–Crippen MR) is 109 cm³/mol. The molecule has 2 N–H and O–H groups in total. The Labute approximate surface area is 173 Å². The first-order chi connectivity index (χ1) is 12.1. The van der Waals surface area contributed by atoms with E-state index in [0.717, 1.165) is 52.0 Å². The van der Waals surface area contributed by atoms with Gasteiger partial charge in [-0.25, -0.2) is 4.68 Å². The molecule has 2 aliphatic rings. The molecule has 0 spiro atoms. The predicted octanol–water partition coefficient (Wildman–Crippen LogP) is 1.28. The number of hydrogen-bond donors (Lipinski definition) is 2. The van der Waals surface area contributed by atoms with Gasteiger partial charge in [0.15, 0.2) is 5.69 Å². The average molecular weight is 423 g/mol. The molecule has 27 heavy (non-hydrogen) atoms. The molecule has 0 aromatic carbocycles. The van der Waals surface area contributed by atoms with Crippen LogP contribution in [0.3, 0.4) is 0 Å². The van der Waals surface area contributed by atoms with Crippen molar-refractivity contribution < 1.29 is 9.53 Å². The maximum atomic E-state index is 12.2. The molecule has 1 aromatic heterocycles. The summed E-state index contributed by atoms with van der Waals surface area (Å²) in [7, 11) is 0. The van der Waals surface area contributed by atoms with E-state index in [9.17, 15) is 4.79 Å². The first-order valence-corrected chi connectivity index (χ1v) is 9.40. The number of nitrogens with zero attached hydrogens (tertiary/aromatic N) is 4. The van der Waals surface area contributed by atoms with Crippen LogP contribution >= 0.6 is 24.8 Å². The fourth-order valence-corrected chi connectivity index (χ4v) is 3.69. The third kappa shape index (κ3) is 7.19. The third-order valence-electron chi connectivity index (χ3n) is 4.86. The van der Waals surface area contributed by atoms with Crippen LogP contribution in [-0.4, -0.2) is 77.3 Å². The van der Waals surface area contributed by atoms with Gasteiger partial charge in [0.1, 0.15) is 0 Å². The maximum Gasteiger partial charge on any atom is 0.273 e. The SMILES string of the molecule is CC1CN(CCCNC(=O)c2cn(C3CCNCC3)nn2)CC(C)O1.Cl.Cl. The largest absolute Gasteiger partial charge is 0.373 e. The normalized spacial score (nSPS) is 23.9. The molecule has 2 aliphatic heterocycles. The Morgan fingerprint density at radius 2 is 1.93 bits per heavy atom. The molecule has 2 saturated heterocycles. The van der Waals surface area contributed by atoms with Crippen molar-refractivity contribution in [3.8, 4) is 0 Å². The number of morpholine rings is 1. The molecule has 0 aliphatic carbocycles. The van der Waals surface area contributed by atoms with Gasteiger partial charge in [-0.3, -0.25) is 9.69 Å². The zero-order valence-electron chi connectivity index (χ0n) is 16.1. The first kappa shape index (κ1) is 24.1. The Hall–Kier alpha value is -0.930. The van der Waals surface area contributed by atoms with Crippen LogP contribution in [0.1, 0.15) is 49.6 Å². The molecule has 0 saturated carbocycles. The number of aromatic nitrogens is 3. The van der Waals surface area contributed by atoms with Crippen molar-refractivity contribution in [2.45, 2.75) is 51.4 Å². The minimum atomic E-state index is -0.135. The van der Waals surface area contributed by atoms with Crippen molar-refractivity contribution in [2.24, 2.45) is 0 Å². The van der Waals surface area contributed by atoms with Gasteiger partial charge in [0.2, 0.25) is 0 Å². The van der Waals surface area contributed by atoms with Gasteiger partial charge in [-0.2, -0.15) is 0 Å². The fourth-order valence-electron chi connectivity index (χ4n) is 3.69. The van der Waals surface area contributed by atoms with E-state index in [4.69, 9.17) is 4.74 Å². The van der Waals surface area contributed by atoms with Crippen LogP contribution in [0.15, 0.2) is 6.20 Å². The van der Waals surface area contributed by atoms with Crippen LogP contribution in [0.5, 0.6) is 0 Å². The van der Waals surface area contributed by atoms with Gasteiger partial charge in [-0.05, 0) is 46.2 Å². The summed E-state index contributed by atoms with van der Waals surface area (Å²) in [6.07, 6.45) is 5.32. The fraction of sp³-hybridized carbons (Fsp3) is 0.824. The second-order valence-electron chi connectivity index (χ2n) is 7.19. The van der Waals surface area contributed by atoms with Crippen molar-refractivity contribution in [3.63, 3.8) is 0 Å². The van der Waals surface area contributed by atoms with E-state index < -0.39 is 0 Å². The van der Waals surface area contributed by atoms with E-state index in [1.165, 1.54) is 0 Å². The summed E-state index contributed by atoms with van der Waals surface area (Å²) < 4.78 is 7.58. The molecule has 1 amide bonds. The van der Waals surface area contributed by atoms with Crippen LogP contribution in [-0.2, 0) is 4.74 Å². The highest BCUT2D eigenvalue weighted by molar-refractivity contribution is 5.91. The molecule has 3 rings (SSSR count). The summed E-state index contributed by atoms with van der Waals surface area (Å²) in [5.41, 5.74) is 0.409. The summed E-state index contributed by atoms with van der Waals surface area (Å²) in [5, 5.41) is 14.4. The number of amides is 1. The van der Waals surface area contributed by atoms with Gasteiger partial charge >= 0.3 is 0 Å². The van der Waals surface area contributed by atoms with E-state index in [0.29, 0.717) is 18.3 Å². The number of nitrogens with one attached hydrogen (secondary N) is 2. The van der Waals surface area contributed by atoms with E-state index in [2.05, 4.69) is 39.7 Å². The van der Waals surface area contributed by atoms with Gasteiger partial charge < -0.3 is 15.4 Å². The highest BCUT2D eigenvalue weighted by atomic mass is 35.5. The number of carbonyl (C=O) groups excluding carboxylic acids is 1. The summed E-state index contributed by atoms with van der Waals surface area (Å²) in [4.78, 5) is 14.6. The molecule has 156 valence electrons. The number of carbonyl (C=O) groups is 1. The number of ether oxygens (including phenoxy) is 1. The van der Waals surface area contributed by atoms with Gasteiger partial charge in [0.25, 0.3) is 5.91 Å². The van der Waals surface area contributed by atoms with Crippen molar-refractivity contribution in [1.29, 1.82) is 0 Å². The molecule has 3 heterocycles. The molecular weight excluding hydrogens is 391 g/mol. The molecule has 0 radical (unpaired) electrons. The van der Waals surface area contributed by atoms with Gasteiger partial charge in [-0.1, -0.05) is 5.21 Å². The molecule has 2 unspecified atom stereocenters. The van der Waals surface area contributed by atoms with Crippen LogP contribution < -0.4 is 10.6 Å². The summed E-state index contributed by atoms with van der Waals surface area (Å²) in [5.74, 6) is -0.135. The molecular formula is C17H32Cl2N6O2. The van der Waals surface area contributed by atoms with Crippen LogP contribution in [0, 0.1) is 0 Å². The quantitative estimate of drug-likeness (QED) is 0.671. The topological polar surface area (TPSA) is 84.3 Å². The van der Waals surface area contributed by atoms with Crippen molar-refractivity contribution in [1.82, 2.24) is 30.5 Å². The Bertz CT molecular complexity index is 557. The number of halogens is 2. The average Bonchev–Trinajstić information content (AvgIpc) is 3.09. The van der Waals surface area contributed by atoms with Crippen molar-refractivity contribution in [3.05, 3.63) is 11.9 Å². The highest BCUT2D eigenvalue weighted by Gasteiger charge is 2.22. The smallest absolute Gasteiger partial charge is 0.273 e. The minimum Gasteiger partial charge on any atom is -0.373 e. The van der Waals surface area contributed by atoms with E-state index in [-0.39, 0.29) is 42.9 Å². The van der Waals surface area contributed by atoms with E-state index >= 15 is 0 Å². The zero-order valence-corrected chi connectivity index (χ0v) is 17.7. The summed E-state index contributed by atoms with van der Waals surface area (Å²) in [6, 6.07) is 0.348. The number of piperidine rings is 1. The Balaban J connectivity index is 0.00000182. The van der Waals surface area contributed by atoms with Crippen molar-refractivity contribution >= 4 is 30.7 Å². The molecule has 2 fully saturated rings. The van der Waals surface area contributed by atoms with Crippen molar-refractivity contribution in [2.75, 3.05) is 39.3 Å². The molecule has 1 aromatic rings. The standard InChI is InChI=1S/C17H30N6O2.2ClH/c1-13-10-22(11-14(2)25-13)9-3-6-19-17(24)16-12-23(21-20-16)15-4-7-18-8-5-15;;/h12-15,18H,3-11H2,1-2H3,(H,19,24);2*1H. The van der Waals surface area contributed by atoms with Gasteiger partial charge in [0, 0.05) is 26.2 Å². The molecule has 0 bridgehead atoms. The van der Waals surface area contributed by atoms with Gasteiger partial charge in [-0.15, -0.1) is 29.9 Å². The zero-order chi connectivity index (χ0) is 17.6. The molecule has 10 heteroatoms. The van der Waals surface area contributed by atoms with Crippen LogP contribution in [0.4, 0.5) is 0 Å². The summed E-state index contributed by atoms with van der Waals surface area (Å²) in [6.45, 7) is 9.74. The number of hydrogen-bond acceptors (Lipinski definition) is 6. The summed E-state index contributed by atoms with van der Waals surface area (Å²) >= 11 is 0. The van der Waals surface area contributed by atoms with E-state index in [1.807, 2.05) is 4.68 Å². The molecule has 2 atom stereocenters. The lowest BCUT2D eigenvalue weighted by atomic mass is 10.1. The highest BCUT2D eigenvalue weighted by Crippen LogP contribution is 2.17. The first-order valence-electron chi connectivity index (χ1n) is 9.40. The Morgan fingerprint density at radius 1 is 1.26 bits per heavy atom. The van der Waals surface area contributed by atoms with Gasteiger partial charge in [0.05, 0.1) is 24.4 Å². The lowest BCUT2D eigenvalue weighted by Crippen LogP contribution is -2.46. The number of rotatable bonds is 6. The Morgan fingerprint density at radius 3 is 2.59 bits per heavy atom. The second-order valence-corrected chi connectivity index (χ2v) is 7.19. The maximum absolute atomic E-state index is 12.2. The lowest BCUT2D eigenvalue weighted by molar-refractivity contribution is -0.0679. The monoisotopic (exact) mass is 422 g/mol. The van der Waals surface area contributed by atoms with Crippen LogP contribution in [0.2, 0.25) is 0 Å².